The highest BCUT2D eigenvalue weighted by atomic mass is 14.7. The van der Waals surface area contributed by atoms with Gasteiger partial charge in [-0.2, -0.15) is 0 Å². The lowest BCUT2D eigenvalue weighted by atomic mass is 10.1. The van der Waals surface area contributed by atoms with Crippen molar-refractivity contribution in [1.29, 1.82) is 0 Å². The van der Waals surface area contributed by atoms with Gasteiger partial charge in [0.1, 0.15) is 0 Å². The van der Waals surface area contributed by atoms with Crippen LogP contribution in [0.15, 0.2) is 42.9 Å². The van der Waals surface area contributed by atoms with E-state index >= 15 is 0 Å². The molecule has 0 saturated heterocycles. The molecule has 0 atom stereocenters. The SMILES string of the molecule is NCc1cnccc1-c1ccccn1. The molecule has 2 aromatic rings. The van der Waals surface area contributed by atoms with Gasteiger partial charge in [-0.25, -0.2) is 0 Å². The van der Waals surface area contributed by atoms with Crippen molar-refractivity contribution in [3.8, 4) is 11.3 Å². The van der Waals surface area contributed by atoms with Gasteiger partial charge in [0.2, 0.25) is 0 Å². The standard InChI is InChI=1S/C11H11N3/c12-7-9-8-13-6-4-10(9)11-3-1-2-5-14-11/h1-6,8H,7,12H2. The number of pyridine rings is 2. The number of hydrogen-bond acceptors (Lipinski definition) is 3. The summed E-state index contributed by atoms with van der Waals surface area (Å²) in [5.74, 6) is 0. The first-order chi connectivity index (χ1) is 6.92. The maximum atomic E-state index is 5.62. The summed E-state index contributed by atoms with van der Waals surface area (Å²) >= 11 is 0. The summed E-state index contributed by atoms with van der Waals surface area (Å²) in [7, 11) is 0. The highest BCUT2D eigenvalue weighted by Gasteiger charge is 2.03. The van der Waals surface area contributed by atoms with Gasteiger partial charge in [-0.15, -0.1) is 0 Å². The molecule has 2 N–H and O–H groups in total. The van der Waals surface area contributed by atoms with E-state index in [1.54, 1.807) is 18.6 Å². The van der Waals surface area contributed by atoms with Crippen molar-refractivity contribution >= 4 is 0 Å². The predicted molar refractivity (Wildman–Crippen MR) is 55.4 cm³/mol. The molecule has 2 aromatic heterocycles. The maximum Gasteiger partial charge on any atom is 0.0706 e. The van der Waals surface area contributed by atoms with Crippen LogP contribution >= 0.6 is 0 Å². The minimum atomic E-state index is 0.486. The van der Waals surface area contributed by atoms with Crippen molar-refractivity contribution in [1.82, 2.24) is 9.97 Å². The summed E-state index contributed by atoms with van der Waals surface area (Å²) in [5.41, 5.74) is 8.64. The van der Waals surface area contributed by atoms with Crippen molar-refractivity contribution in [2.75, 3.05) is 0 Å². The lowest BCUT2D eigenvalue weighted by Crippen LogP contribution is -2.00. The van der Waals surface area contributed by atoms with Crippen LogP contribution in [0.1, 0.15) is 5.56 Å². The van der Waals surface area contributed by atoms with Crippen LogP contribution in [-0.2, 0) is 6.54 Å². The van der Waals surface area contributed by atoms with Crippen molar-refractivity contribution in [2.24, 2.45) is 5.73 Å². The monoisotopic (exact) mass is 185 g/mol. The third-order valence-corrected chi connectivity index (χ3v) is 2.06. The molecule has 0 aliphatic carbocycles. The zero-order chi connectivity index (χ0) is 9.80. The Bertz CT molecular complexity index is 412. The largest absolute Gasteiger partial charge is 0.326 e. The zero-order valence-electron chi connectivity index (χ0n) is 7.72. The quantitative estimate of drug-likeness (QED) is 0.773. The van der Waals surface area contributed by atoms with Gasteiger partial charge in [-0.1, -0.05) is 6.07 Å². The Kier molecular flexibility index (Phi) is 2.51. The fourth-order valence-electron chi connectivity index (χ4n) is 1.36. The van der Waals surface area contributed by atoms with Crippen molar-refractivity contribution in [2.45, 2.75) is 6.54 Å². The maximum absolute atomic E-state index is 5.62. The summed E-state index contributed by atoms with van der Waals surface area (Å²) < 4.78 is 0. The summed E-state index contributed by atoms with van der Waals surface area (Å²) in [6.07, 6.45) is 5.31. The molecule has 0 aromatic carbocycles. The average Bonchev–Trinajstić information content (AvgIpc) is 2.30. The highest BCUT2D eigenvalue weighted by molar-refractivity contribution is 5.62. The second-order valence-electron chi connectivity index (χ2n) is 2.95. The van der Waals surface area contributed by atoms with Crippen molar-refractivity contribution in [3.05, 3.63) is 48.4 Å². The molecule has 2 rings (SSSR count). The number of hydrogen-bond donors (Lipinski definition) is 1. The third-order valence-electron chi connectivity index (χ3n) is 2.06. The Labute approximate surface area is 82.6 Å². The molecule has 3 nitrogen and oxygen atoms in total. The summed E-state index contributed by atoms with van der Waals surface area (Å²) in [6.45, 7) is 0.486. The molecule has 0 bridgehead atoms. The second-order valence-corrected chi connectivity index (χ2v) is 2.95. The molecule has 0 aliphatic heterocycles. The first-order valence-corrected chi connectivity index (χ1v) is 4.46. The molecular formula is C11H11N3. The summed E-state index contributed by atoms with van der Waals surface area (Å²) in [4.78, 5) is 8.31. The minimum absolute atomic E-state index is 0.486. The number of nitrogens with zero attached hydrogens (tertiary/aromatic N) is 2. The number of rotatable bonds is 2. The molecule has 3 heteroatoms. The van der Waals surface area contributed by atoms with Crippen LogP contribution in [0.25, 0.3) is 11.3 Å². The molecule has 0 spiro atoms. The number of nitrogens with two attached hydrogens (primary N) is 1. The van der Waals surface area contributed by atoms with Gasteiger partial charge < -0.3 is 5.73 Å². The molecule has 70 valence electrons. The number of aromatic nitrogens is 2. The second kappa shape index (κ2) is 3.98. The lowest BCUT2D eigenvalue weighted by molar-refractivity contribution is 1.05. The van der Waals surface area contributed by atoms with E-state index in [-0.39, 0.29) is 0 Å². The van der Waals surface area contributed by atoms with E-state index in [1.807, 2.05) is 24.3 Å². The van der Waals surface area contributed by atoms with Crippen LogP contribution in [0, 0.1) is 0 Å². The molecule has 0 unspecified atom stereocenters. The molecular weight excluding hydrogens is 174 g/mol. The van der Waals surface area contributed by atoms with Crippen molar-refractivity contribution < 1.29 is 0 Å². The Morgan fingerprint density at radius 2 is 2.07 bits per heavy atom. The predicted octanol–water partition coefficient (Wildman–Crippen LogP) is 1.60. The fraction of sp³-hybridized carbons (Fsp3) is 0.0909. The van der Waals surface area contributed by atoms with E-state index in [9.17, 15) is 0 Å². The van der Waals surface area contributed by atoms with Crippen LogP contribution < -0.4 is 5.73 Å². The molecule has 14 heavy (non-hydrogen) atoms. The summed E-state index contributed by atoms with van der Waals surface area (Å²) in [5, 5.41) is 0. The van der Waals surface area contributed by atoms with Gasteiger partial charge in [0.15, 0.2) is 0 Å². The van der Waals surface area contributed by atoms with Crippen LogP contribution in [-0.4, -0.2) is 9.97 Å². The Morgan fingerprint density at radius 1 is 1.14 bits per heavy atom. The van der Waals surface area contributed by atoms with E-state index in [1.165, 1.54) is 0 Å². The molecule has 0 fully saturated rings. The van der Waals surface area contributed by atoms with Crippen molar-refractivity contribution in [3.63, 3.8) is 0 Å². The van der Waals surface area contributed by atoms with Gasteiger partial charge in [0, 0.05) is 30.7 Å². The topological polar surface area (TPSA) is 51.8 Å². The fourth-order valence-corrected chi connectivity index (χ4v) is 1.36. The van der Waals surface area contributed by atoms with E-state index in [0.29, 0.717) is 6.54 Å². The van der Waals surface area contributed by atoms with Gasteiger partial charge in [0.25, 0.3) is 0 Å². The summed E-state index contributed by atoms with van der Waals surface area (Å²) in [6, 6.07) is 7.76. The smallest absolute Gasteiger partial charge is 0.0706 e. The Morgan fingerprint density at radius 3 is 2.79 bits per heavy atom. The van der Waals surface area contributed by atoms with Gasteiger partial charge >= 0.3 is 0 Å². The normalized spacial score (nSPS) is 10.1. The third kappa shape index (κ3) is 1.63. The first-order valence-electron chi connectivity index (χ1n) is 4.46. The van der Waals surface area contributed by atoms with E-state index in [0.717, 1.165) is 16.8 Å². The van der Waals surface area contributed by atoms with Crippen LogP contribution in [0.5, 0.6) is 0 Å². The van der Waals surface area contributed by atoms with Crippen LogP contribution in [0.4, 0.5) is 0 Å². The van der Waals surface area contributed by atoms with Crippen LogP contribution in [0.3, 0.4) is 0 Å². The molecule has 2 heterocycles. The molecule has 0 aliphatic rings. The zero-order valence-corrected chi connectivity index (χ0v) is 7.72. The van der Waals surface area contributed by atoms with E-state index in [4.69, 9.17) is 5.73 Å². The average molecular weight is 185 g/mol. The Hall–Kier alpha value is -1.74. The molecule has 0 radical (unpaired) electrons. The van der Waals surface area contributed by atoms with Gasteiger partial charge in [0.05, 0.1) is 5.69 Å². The van der Waals surface area contributed by atoms with Crippen LogP contribution in [0.2, 0.25) is 0 Å². The molecule has 0 amide bonds. The molecule has 0 saturated carbocycles. The van der Waals surface area contributed by atoms with Gasteiger partial charge in [-0.3, -0.25) is 9.97 Å². The van der Waals surface area contributed by atoms with E-state index in [2.05, 4.69) is 9.97 Å². The highest BCUT2D eigenvalue weighted by Crippen LogP contribution is 2.19. The van der Waals surface area contributed by atoms with E-state index < -0.39 is 0 Å². The first kappa shape index (κ1) is 8.84. The Balaban J connectivity index is 2.51. The minimum Gasteiger partial charge on any atom is -0.326 e. The van der Waals surface area contributed by atoms with Gasteiger partial charge in [-0.05, 0) is 23.8 Å². The lowest BCUT2D eigenvalue weighted by Gasteiger charge is -2.05.